The van der Waals surface area contributed by atoms with E-state index < -0.39 is 0 Å². The van der Waals surface area contributed by atoms with E-state index in [0.29, 0.717) is 19.7 Å². The molecule has 0 saturated heterocycles. The summed E-state index contributed by atoms with van der Waals surface area (Å²) in [5.74, 6) is -0.380. The summed E-state index contributed by atoms with van der Waals surface area (Å²) in [5, 5.41) is 4.81. The summed E-state index contributed by atoms with van der Waals surface area (Å²) in [7, 11) is 0. The molecule has 0 aliphatic rings. The van der Waals surface area contributed by atoms with E-state index in [9.17, 15) is 9.59 Å². The van der Waals surface area contributed by atoms with E-state index in [1.807, 2.05) is 24.4 Å². The minimum absolute atomic E-state index is 0.0838. The minimum atomic E-state index is -0.296. The monoisotopic (exact) mass is 284 g/mol. The first-order valence-electron chi connectivity index (χ1n) is 6.32. The number of nitrogens with one attached hydrogen (secondary N) is 1. The van der Waals surface area contributed by atoms with E-state index >= 15 is 0 Å². The summed E-state index contributed by atoms with van der Waals surface area (Å²) in [5.41, 5.74) is 0. The van der Waals surface area contributed by atoms with Gasteiger partial charge in [0.25, 0.3) is 0 Å². The largest absolute Gasteiger partial charge is 0.465 e. The molecule has 1 aromatic rings. The van der Waals surface area contributed by atoms with Gasteiger partial charge in [-0.05, 0) is 24.9 Å². The number of ether oxygens (including phenoxy) is 1. The second-order valence-corrected chi connectivity index (χ2v) is 5.00. The molecule has 0 atom stereocenters. The lowest BCUT2D eigenvalue weighted by atomic mass is 10.4. The zero-order chi connectivity index (χ0) is 14.1. The molecular formula is C13H20N2O3S. The van der Waals surface area contributed by atoms with Gasteiger partial charge in [-0.15, -0.1) is 11.3 Å². The van der Waals surface area contributed by atoms with Crippen molar-refractivity contribution in [2.24, 2.45) is 0 Å². The van der Waals surface area contributed by atoms with Gasteiger partial charge in [-0.1, -0.05) is 13.0 Å². The van der Waals surface area contributed by atoms with Crippen LogP contribution in [-0.4, -0.2) is 43.0 Å². The fraction of sp³-hybridized carbons (Fsp3) is 0.538. The fourth-order valence-corrected chi connectivity index (χ4v) is 2.17. The number of thiophene rings is 1. The van der Waals surface area contributed by atoms with Crippen LogP contribution in [0.5, 0.6) is 0 Å². The Labute approximate surface area is 117 Å². The number of esters is 1. The molecule has 1 rings (SSSR count). The maximum Gasteiger partial charge on any atom is 0.320 e. The van der Waals surface area contributed by atoms with Gasteiger partial charge in [0.1, 0.15) is 0 Å². The van der Waals surface area contributed by atoms with Crippen molar-refractivity contribution in [2.75, 3.05) is 26.2 Å². The van der Waals surface area contributed by atoms with E-state index in [2.05, 4.69) is 5.32 Å². The molecular weight excluding hydrogens is 264 g/mol. The first-order chi connectivity index (χ1) is 9.15. The molecule has 1 aromatic heterocycles. The molecule has 0 spiro atoms. The lowest BCUT2D eigenvalue weighted by Crippen LogP contribution is -2.39. The first kappa shape index (κ1) is 15.7. The molecule has 0 bridgehead atoms. The predicted octanol–water partition coefficient (Wildman–Crippen LogP) is 1.25. The Bertz CT molecular complexity index is 393. The van der Waals surface area contributed by atoms with E-state index in [-0.39, 0.29) is 25.0 Å². The van der Waals surface area contributed by atoms with Gasteiger partial charge < -0.3 is 10.1 Å². The maximum absolute atomic E-state index is 11.7. The van der Waals surface area contributed by atoms with Crippen molar-refractivity contribution >= 4 is 23.2 Å². The molecule has 1 amide bonds. The van der Waals surface area contributed by atoms with Gasteiger partial charge >= 0.3 is 5.97 Å². The van der Waals surface area contributed by atoms with Crippen molar-refractivity contribution in [1.82, 2.24) is 10.2 Å². The second kappa shape index (κ2) is 8.66. The Morgan fingerprint density at radius 2 is 2.16 bits per heavy atom. The molecule has 106 valence electrons. The highest BCUT2D eigenvalue weighted by molar-refractivity contribution is 7.09. The normalized spacial score (nSPS) is 10.5. The predicted molar refractivity (Wildman–Crippen MR) is 74.9 cm³/mol. The van der Waals surface area contributed by atoms with Crippen LogP contribution >= 0.6 is 11.3 Å². The van der Waals surface area contributed by atoms with Crippen molar-refractivity contribution in [1.29, 1.82) is 0 Å². The molecule has 0 radical (unpaired) electrons. The van der Waals surface area contributed by atoms with E-state index in [1.165, 1.54) is 0 Å². The summed E-state index contributed by atoms with van der Waals surface area (Å²) in [6, 6.07) is 3.92. The molecule has 0 unspecified atom stereocenters. The fourth-order valence-electron chi connectivity index (χ4n) is 1.53. The Kier molecular flexibility index (Phi) is 7.14. The molecule has 0 aliphatic heterocycles. The summed E-state index contributed by atoms with van der Waals surface area (Å²) >= 11 is 1.60. The van der Waals surface area contributed by atoms with E-state index in [0.717, 1.165) is 4.88 Å². The molecule has 0 aliphatic carbocycles. The van der Waals surface area contributed by atoms with Crippen molar-refractivity contribution in [2.45, 2.75) is 20.4 Å². The van der Waals surface area contributed by atoms with Gasteiger partial charge in [0.05, 0.1) is 26.2 Å². The summed E-state index contributed by atoms with van der Waals surface area (Å²) in [6.45, 7) is 5.56. The number of carbonyl (C=O) groups excluding carboxylic acids is 2. The number of amides is 1. The standard InChI is InChI=1S/C13H20N2O3S/c1-3-15(10-13(17)18-4-2)9-12(16)14-8-11-6-5-7-19-11/h5-7H,3-4,8-10H2,1-2H3,(H,14,16). The smallest absolute Gasteiger partial charge is 0.320 e. The van der Waals surface area contributed by atoms with Crippen LogP contribution in [0, 0.1) is 0 Å². The zero-order valence-electron chi connectivity index (χ0n) is 11.3. The van der Waals surface area contributed by atoms with Crippen LogP contribution in [-0.2, 0) is 20.9 Å². The Hall–Kier alpha value is -1.40. The van der Waals surface area contributed by atoms with Crippen LogP contribution in [0.4, 0.5) is 0 Å². The molecule has 5 nitrogen and oxygen atoms in total. The number of hydrogen-bond donors (Lipinski definition) is 1. The summed E-state index contributed by atoms with van der Waals surface area (Å²) < 4.78 is 4.86. The van der Waals surface area contributed by atoms with Crippen molar-refractivity contribution in [3.8, 4) is 0 Å². The average Bonchev–Trinajstić information content (AvgIpc) is 2.89. The highest BCUT2D eigenvalue weighted by Crippen LogP contribution is 2.07. The molecule has 1 N–H and O–H groups in total. The highest BCUT2D eigenvalue weighted by Gasteiger charge is 2.13. The van der Waals surface area contributed by atoms with Gasteiger partial charge in [-0.2, -0.15) is 0 Å². The van der Waals surface area contributed by atoms with Crippen molar-refractivity contribution in [3.63, 3.8) is 0 Å². The Morgan fingerprint density at radius 1 is 1.37 bits per heavy atom. The van der Waals surface area contributed by atoms with Gasteiger partial charge in [-0.25, -0.2) is 0 Å². The Morgan fingerprint density at radius 3 is 2.74 bits per heavy atom. The number of carbonyl (C=O) groups is 2. The Balaban J connectivity index is 2.30. The van der Waals surface area contributed by atoms with Crippen LogP contribution in [0.3, 0.4) is 0 Å². The van der Waals surface area contributed by atoms with E-state index in [4.69, 9.17) is 4.74 Å². The molecule has 19 heavy (non-hydrogen) atoms. The molecule has 1 heterocycles. The average molecular weight is 284 g/mol. The summed E-state index contributed by atoms with van der Waals surface area (Å²) in [4.78, 5) is 26.0. The molecule has 0 fully saturated rings. The summed E-state index contributed by atoms with van der Waals surface area (Å²) in [6.07, 6.45) is 0. The van der Waals surface area contributed by atoms with Crippen LogP contribution in [0.15, 0.2) is 17.5 Å². The van der Waals surface area contributed by atoms with Crippen LogP contribution in [0.25, 0.3) is 0 Å². The van der Waals surface area contributed by atoms with Gasteiger partial charge in [0, 0.05) is 4.88 Å². The van der Waals surface area contributed by atoms with Crippen molar-refractivity contribution in [3.05, 3.63) is 22.4 Å². The number of likely N-dealkylation sites (N-methyl/N-ethyl adjacent to an activating group) is 1. The van der Waals surface area contributed by atoms with Gasteiger partial charge in [0.15, 0.2) is 0 Å². The van der Waals surface area contributed by atoms with Gasteiger partial charge in [-0.3, -0.25) is 14.5 Å². The van der Waals surface area contributed by atoms with Gasteiger partial charge in [0.2, 0.25) is 5.91 Å². The number of hydrogen-bond acceptors (Lipinski definition) is 5. The number of rotatable bonds is 8. The zero-order valence-corrected chi connectivity index (χ0v) is 12.2. The topological polar surface area (TPSA) is 58.6 Å². The van der Waals surface area contributed by atoms with E-state index in [1.54, 1.807) is 23.2 Å². The highest BCUT2D eigenvalue weighted by atomic mass is 32.1. The van der Waals surface area contributed by atoms with Crippen LogP contribution in [0.2, 0.25) is 0 Å². The van der Waals surface area contributed by atoms with Crippen LogP contribution < -0.4 is 5.32 Å². The third-order valence-corrected chi connectivity index (χ3v) is 3.39. The molecule has 0 aromatic carbocycles. The molecule has 0 saturated carbocycles. The van der Waals surface area contributed by atoms with Crippen molar-refractivity contribution < 1.29 is 14.3 Å². The number of nitrogens with zero attached hydrogens (tertiary/aromatic N) is 1. The second-order valence-electron chi connectivity index (χ2n) is 3.96. The first-order valence-corrected chi connectivity index (χ1v) is 7.20. The lowest BCUT2D eigenvalue weighted by molar-refractivity contribution is -0.144. The molecule has 6 heteroatoms. The maximum atomic E-state index is 11.7. The quantitative estimate of drug-likeness (QED) is 0.730. The third-order valence-electron chi connectivity index (χ3n) is 2.51. The lowest BCUT2D eigenvalue weighted by Gasteiger charge is -2.18. The minimum Gasteiger partial charge on any atom is -0.465 e. The van der Waals surface area contributed by atoms with Crippen LogP contribution in [0.1, 0.15) is 18.7 Å². The SMILES string of the molecule is CCOC(=O)CN(CC)CC(=O)NCc1cccs1. The third kappa shape index (κ3) is 6.35.